The number of benzene rings is 3. The van der Waals surface area contributed by atoms with Crippen LogP contribution >= 0.6 is 0 Å². The van der Waals surface area contributed by atoms with E-state index < -0.39 is 5.60 Å². The summed E-state index contributed by atoms with van der Waals surface area (Å²) < 4.78 is 0. The van der Waals surface area contributed by atoms with Crippen LogP contribution in [0.5, 0.6) is 0 Å². The first kappa shape index (κ1) is 14.6. The third-order valence-electron chi connectivity index (χ3n) is 4.06. The summed E-state index contributed by atoms with van der Waals surface area (Å²) >= 11 is 0. The lowest BCUT2D eigenvalue weighted by Crippen LogP contribution is -2.29. The van der Waals surface area contributed by atoms with Crippen LogP contribution in [0, 0.1) is 13.8 Å². The van der Waals surface area contributed by atoms with E-state index in [1.165, 1.54) is 0 Å². The van der Waals surface area contributed by atoms with Gasteiger partial charge in [-0.05, 0) is 30.5 Å². The Labute approximate surface area is 131 Å². The molecule has 0 fully saturated rings. The second-order valence-electron chi connectivity index (χ2n) is 5.82. The molecule has 0 unspecified atom stereocenters. The Balaban J connectivity index is 2.27. The van der Waals surface area contributed by atoms with Crippen molar-refractivity contribution in [3.8, 4) is 0 Å². The van der Waals surface area contributed by atoms with E-state index in [-0.39, 0.29) is 0 Å². The molecule has 1 nitrogen and oxygen atoms in total. The van der Waals surface area contributed by atoms with E-state index >= 15 is 0 Å². The monoisotopic (exact) mass is 288 g/mol. The number of hydrogen-bond acceptors (Lipinski definition) is 1. The number of aryl methyl sites for hydroxylation is 2. The highest BCUT2D eigenvalue weighted by molar-refractivity contribution is 5.48. The molecule has 0 heterocycles. The van der Waals surface area contributed by atoms with Crippen LogP contribution in [-0.2, 0) is 5.60 Å². The summed E-state index contributed by atoms with van der Waals surface area (Å²) in [5, 5.41) is 11.7. The molecule has 0 aromatic heterocycles. The van der Waals surface area contributed by atoms with Crippen molar-refractivity contribution in [2.75, 3.05) is 0 Å². The molecule has 0 radical (unpaired) electrons. The maximum Gasteiger partial charge on any atom is 0.140 e. The largest absolute Gasteiger partial charge is 0.376 e. The van der Waals surface area contributed by atoms with Crippen molar-refractivity contribution < 1.29 is 5.11 Å². The van der Waals surface area contributed by atoms with Crippen LogP contribution in [0.3, 0.4) is 0 Å². The van der Waals surface area contributed by atoms with Crippen LogP contribution in [0.4, 0.5) is 0 Å². The van der Waals surface area contributed by atoms with Gasteiger partial charge in [0.25, 0.3) is 0 Å². The molecule has 0 saturated heterocycles. The number of rotatable bonds is 3. The molecule has 0 spiro atoms. The summed E-state index contributed by atoms with van der Waals surface area (Å²) in [6, 6.07) is 26.0. The van der Waals surface area contributed by atoms with Crippen molar-refractivity contribution in [3.05, 3.63) is 107 Å². The van der Waals surface area contributed by atoms with Crippen LogP contribution in [0.25, 0.3) is 0 Å². The summed E-state index contributed by atoms with van der Waals surface area (Å²) in [6.07, 6.45) is 0. The van der Waals surface area contributed by atoms with Crippen LogP contribution in [0.1, 0.15) is 27.8 Å². The average molecular weight is 288 g/mol. The topological polar surface area (TPSA) is 20.2 Å². The Kier molecular flexibility index (Phi) is 3.82. The smallest absolute Gasteiger partial charge is 0.140 e. The van der Waals surface area contributed by atoms with E-state index in [1.807, 2.05) is 80.6 Å². The molecular weight excluding hydrogens is 268 g/mol. The van der Waals surface area contributed by atoms with Crippen LogP contribution in [-0.4, -0.2) is 5.11 Å². The van der Waals surface area contributed by atoms with Gasteiger partial charge in [-0.3, -0.25) is 0 Å². The molecular formula is C21H20O. The van der Waals surface area contributed by atoms with Crippen molar-refractivity contribution in [3.63, 3.8) is 0 Å². The fourth-order valence-electron chi connectivity index (χ4n) is 2.92. The minimum absolute atomic E-state index is 0.881. The summed E-state index contributed by atoms with van der Waals surface area (Å²) in [7, 11) is 0. The highest BCUT2D eigenvalue weighted by atomic mass is 16.3. The highest BCUT2D eigenvalue weighted by Crippen LogP contribution is 2.37. The molecule has 0 saturated carbocycles. The van der Waals surface area contributed by atoms with Gasteiger partial charge < -0.3 is 5.11 Å². The van der Waals surface area contributed by atoms with Gasteiger partial charge in [0.05, 0.1) is 0 Å². The second-order valence-corrected chi connectivity index (χ2v) is 5.82. The van der Waals surface area contributed by atoms with Crippen molar-refractivity contribution in [2.24, 2.45) is 0 Å². The lowest BCUT2D eigenvalue weighted by Gasteiger charge is -2.30. The number of hydrogen-bond donors (Lipinski definition) is 1. The number of aliphatic hydroxyl groups is 1. The molecule has 0 aliphatic heterocycles. The predicted molar refractivity (Wildman–Crippen MR) is 90.9 cm³/mol. The Morgan fingerprint density at radius 2 is 1.05 bits per heavy atom. The minimum Gasteiger partial charge on any atom is -0.376 e. The quantitative estimate of drug-likeness (QED) is 0.699. The highest BCUT2D eigenvalue weighted by Gasteiger charge is 2.33. The molecule has 3 aromatic carbocycles. The molecule has 1 heteroatoms. The van der Waals surface area contributed by atoms with E-state index in [1.54, 1.807) is 0 Å². The Morgan fingerprint density at radius 3 is 1.50 bits per heavy atom. The molecule has 3 rings (SSSR count). The predicted octanol–water partition coefficient (Wildman–Crippen LogP) is 4.59. The second kappa shape index (κ2) is 5.78. The Bertz CT molecular complexity index is 729. The molecule has 1 N–H and O–H groups in total. The van der Waals surface area contributed by atoms with Gasteiger partial charge in [0.2, 0.25) is 0 Å². The third kappa shape index (κ3) is 2.56. The molecule has 0 amide bonds. The summed E-state index contributed by atoms with van der Waals surface area (Å²) in [5.41, 5.74) is 3.80. The summed E-state index contributed by atoms with van der Waals surface area (Å²) in [4.78, 5) is 0. The minimum atomic E-state index is -1.14. The van der Waals surface area contributed by atoms with E-state index in [0.717, 1.165) is 27.8 Å². The zero-order valence-corrected chi connectivity index (χ0v) is 13.0. The van der Waals surface area contributed by atoms with Gasteiger partial charge in [-0.15, -0.1) is 0 Å². The van der Waals surface area contributed by atoms with Crippen LogP contribution in [0.2, 0.25) is 0 Å². The van der Waals surface area contributed by atoms with Crippen molar-refractivity contribution in [1.29, 1.82) is 0 Å². The van der Waals surface area contributed by atoms with E-state index in [4.69, 9.17) is 0 Å². The van der Waals surface area contributed by atoms with Crippen LogP contribution < -0.4 is 0 Å². The standard InChI is InChI=1S/C21H20O/c1-16-8-6-12-19(14-16)21(22,18-10-4-3-5-11-18)20-13-7-9-17(2)15-20/h3-15,22H,1-2H3. The maximum absolute atomic E-state index is 11.7. The van der Waals surface area contributed by atoms with Gasteiger partial charge in [0.15, 0.2) is 0 Å². The van der Waals surface area contributed by atoms with Gasteiger partial charge in [0, 0.05) is 0 Å². The Morgan fingerprint density at radius 1 is 0.591 bits per heavy atom. The first-order valence-electron chi connectivity index (χ1n) is 7.53. The third-order valence-corrected chi connectivity index (χ3v) is 4.06. The van der Waals surface area contributed by atoms with Crippen molar-refractivity contribution >= 4 is 0 Å². The zero-order valence-electron chi connectivity index (χ0n) is 13.0. The fourth-order valence-corrected chi connectivity index (χ4v) is 2.92. The van der Waals surface area contributed by atoms with E-state index in [9.17, 15) is 5.11 Å². The van der Waals surface area contributed by atoms with Crippen molar-refractivity contribution in [2.45, 2.75) is 19.4 Å². The van der Waals surface area contributed by atoms with Crippen LogP contribution in [0.15, 0.2) is 78.9 Å². The summed E-state index contributed by atoms with van der Waals surface area (Å²) in [5.74, 6) is 0. The molecule has 0 aliphatic rings. The molecule has 0 aliphatic carbocycles. The molecule has 3 aromatic rings. The van der Waals surface area contributed by atoms with E-state index in [0.29, 0.717) is 0 Å². The first-order chi connectivity index (χ1) is 10.6. The van der Waals surface area contributed by atoms with Gasteiger partial charge in [-0.1, -0.05) is 90.0 Å². The maximum atomic E-state index is 11.7. The lowest BCUT2D eigenvalue weighted by molar-refractivity contribution is 0.125. The molecule has 110 valence electrons. The summed E-state index contributed by atoms with van der Waals surface area (Å²) in [6.45, 7) is 4.09. The molecule has 0 atom stereocenters. The van der Waals surface area contributed by atoms with Gasteiger partial charge >= 0.3 is 0 Å². The SMILES string of the molecule is Cc1cccc(C(O)(c2ccccc2)c2cccc(C)c2)c1. The molecule has 0 bridgehead atoms. The normalized spacial score (nSPS) is 11.4. The lowest BCUT2D eigenvalue weighted by atomic mass is 9.79. The van der Waals surface area contributed by atoms with Crippen molar-refractivity contribution in [1.82, 2.24) is 0 Å². The van der Waals surface area contributed by atoms with Gasteiger partial charge in [-0.25, -0.2) is 0 Å². The average Bonchev–Trinajstić information content (AvgIpc) is 2.55. The zero-order chi connectivity index (χ0) is 15.6. The van der Waals surface area contributed by atoms with E-state index in [2.05, 4.69) is 12.1 Å². The van der Waals surface area contributed by atoms with Gasteiger partial charge in [-0.2, -0.15) is 0 Å². The van der Waals surface area contributed by atoms with Gasteiger partial charge in [0.1, 0.15) is 5.60 Å². The Hall–Kier alpha value is -2.38. The first-order valence-corrected chi connectivity index (χ1v) is 7.53. The molecule has 22 heavy (non-hydrogen) atoms. The fraction of sp³-hybridized carbons (Fsp3) is 0.143.